The maximum atomic E-state index is 11.2. The largest absolute Gasteiger partial charge is 0.495 e. The number of nitrogens with zero attached hydrogens (tertiary/aromatic N) is 5. The van der Waals surface area contributed by atoms with E-state index >= 15 is 0 Å². The molecule has 0 bridgehead atoms. The Morgan fingerprint density at radius 1 is 0.966 bits per heavy atom. The number of aromatic nitrogens is 2. The molecule has 8 nitrogen and oxygen atoms in total. The number of rotatable bonds is 5. The number of methoxy groups -OCH3 is 1. The number of para-hydroxylation sites is 2. The molecular formula is C21H27N5O3. The molecule has 0 radical (unpaired) electrons. The molecule has 2 aliphatic rings. The summed E-state index contributed by atoms with van der Waals surface area (Å²) in [6, 6.07) is 10.1. The van der Waals surface area contributed by atoms with Gasteiger partial charge in [-0.3, -0.25) is 4.79 Å². The summed E-state index contributed by atoms with van der Waals surface area (Å²) in [5.41, 5.74) is 1.12. The first-order chi connectivity index (χ1) is 14.2. The van der Waals surface area contributed by atoms with Crippen LogP contribution in [0.15, 0.2) is 36.7 Å². The zero-order valence-electron chi connectivity index (χ0n) is 16.7. The van der Waals surface area contributed by atoms with E-state index in [1.54, 1.807) is 13.4 Å². The van der Waals surface area contributed by atoms with E-state index in [-0.39, 0.29) is 5.92 Å². The van der Waals surface area contributed by atoms with Gasteiger partial charge in [-0.25, -0.2) is 9.97 Å². The van der Waals surface area contributed by atoms with E-state index in [1.165, 1.54) is 0 Å². The number of benzene rings is 1. The van der Waals surface area contributed by atoms with Crippen LogP contribution in [0.1, 0.15) is 12.8 Å². The Labute approximate surface area is 170 Å². The van der Waals surface area contributed by atoms with Gasteiger partial charge >= 0.3 is 5.97 Å². The van der Waals surface area contributed by atoms with Gasteiger partial charge < -0.3 is 24.5 Å². The van der Waals surface area contributed by atoms with Crippen LogP contribution < -0.4 is 19.4 Å². The van der Waals surface area contributed by atoms with Crippen molar-refractivity contribution in [2.24, 2.45) is 5.92 Å². The highest BCUT2D eigenvalue weighted by Crippen LogP contribution is 2.29. The molecule has 2 fully saturated rings. The summed E-state index contributed by atoms with van der Waals surface area (Å²) in [4.78, 5) is 26.9. The number of aliphatic carboxylic acids is 1. The molecule has 0 spiro atoms. The van der Waals surface area contributed by atoms with Gasteiger partial charge in [0.1, 0.15) is 23.7 Å². The fraction of sp³-hybridized carbons (Fsp3) is 0.476. The minimum absolute atomic E-state index is 0.240. The van der Waals surface area contributed by atoms with Gasteiger partial charge in [0.15, 0.2) is 0 Å². The van der Waals surface area contributed by atoms with E-state index in [1.807, 2.05) is 24.3 Å². The van der Waals surface area contributed by atoms with Gasteiger partial charge in [-0.2, -0.15) is 0 Å². The third-order valence-corrected chi connectivity index (χ3v) is 5.84. The molecule has 0 aliphatic carbocycles. The SMILES string of the molecule is COc1ccccc1N1CCN(c2cc(N3CCC(C(=O)O)CC3)ncn2)CC1. The lowest BCUT2D eigenvalue weighted by molar-refractivity contribution is -0.142. The second kappa shape index (κ2) is 8.55. The third-order valence-electron chi connectivity index (χ3n) is 5.84. The van der Waals surface area contributed by atoms with Crippen LogP contribution >= 0.6 is 0 Å². The van der Waals surface area contributed by atoms with E-state index < -0.39 is 5.97 Å². The lowest BCUT2D eigenvalue weighted by atomic mass is 9.97. The minimum Gasteiger partial charge on any atom is -0.495 e. The summed E-state index contributed by atoms with van der Waals surface area (Å²) < 4.78 is 5.50. The van der Waals surface area contributed by atoms with Crippen LogP contribution in [0.4, 0.5) is 17.3 Å². The van der Waals surface area contributed by atoms with E-state index in [2.05, 4.69) is 30.7 Å². The number of carboxylic acids is 1. The van der Waals surface area contributed by atoms with Crippen LogP contribution in [-0.4, -0.2) is 67.4 Å². The third kappa shape index (κ3) is 4.21. The number of piperidine rings is 1. The van der Waals surface area contributed by atoms with Gasteiger partial charge in [0.25, 0.3) is 0 Å². The van der Waals surface area contributed by atoms with Crippen molar-refractivity contribution in [3.63, 3.8) is 0 Å². The molecule has 1 aromatic carbocycles. The van der Waals surface area contributed by atoms with Crippen LogP contribution in [0.5, 0.6) is 5.75 Å². The summed E-state index contributed by atoms with van der Waals surface area (Å²) in [7, 11) is 1.71. The van der Waals surface area contributed by atoms with Crippen molar-refractivity contribution in [1.82, 2.24) is 9.97 Å². The zero-order chi connectivity index (χ0) is 20.2. The number of carboxylic acid groups (broad SMARTS) is 1. The molecule has 0 atom stereocenters. The molecule has 2 aromatic rings. The normalized spacial score (nSPS) is 18.0. The Hall–Kier alpha value is -3.03. The number of carbonyl (C=O) groups is 1. The Kier molecular flexibility index (Phi) is 5.69. The van der Waals surface area contributed by atoms with Crippen LogP contribution in [0.2, 0.25) is 0 Å². The van der Waals surface area contributed by atoms with Crippen molar-refractivity contribution in [3.05, 3.63) is 36.7 Å². The Morgan fingerprint density at radius 3 is 2.17 bits per heavy atom. The van der Waals surface area contributed by atoms with Gasteiger partial charge in [0.05, 0.1) is 18.7 Å². The van der Waals surface area contributed by atoms with Gasteiger partial charge in [0.2, 0.25) is 0 Å². The molecule has 29 heavy (non-hydrogen) atoms. The minimum atomic E-state index is -0.694. The maximum absolute atomic E-state index is 11.2. The molecule has 0 amide bonds. The van der Waals surface area contributed by atoms with E-state index in [0.717, 1.165) is 62.3 Å². The summed E-state index contributed by atoms with van der Waals surface area (Å²) in [6.45, 7) is 4.96. The van der Waals surface area contributed by atoms with Crippen LogP contribution in [0.3, 0.4) is 0 Å². The van der Waals surface area contributed by atoms with Gasteiger partial charge in [0, 0.05) is 45.3 Å². The number of piperazine rings is 1. The Morgan fingerprint density at radius 2 is 1.55 bits per heavy atom. The number of ether oxygens (including phenoxy) is 1. The van der Waals surface area contributed by atoms with E-state index in [9.17, 15) is 9.90 Å². The lowest BCUT2D eigenvalue weighted by Crippen LogP contribution is -2.47. The summed E-state index contributed by atoms with van der Waals surface area (Å²) in [5, 5.41) is 9.18. The standard InChI is InChI=1S/C21H27N5O3/c1-29-18-5-3-2-4-17(18)24-10-12-26(13-11-24)20-14-19(22-15-23-20)25-8-6-16(7-9-25)21(27)28/h2-5,14-16H,6-13H2,1H3,(H,27,28). The van der Waals surface area contributed by atoms with Crippen molar-refractivity contribution in [3.8, 4) is 5.75 Å². The summed E-state index contributed by atoms with van der Waals surface area (Å²) in [5.74, 6) is 1.77. The monoisotopic (exact) mass is 397 g/mol. The molecule has 2 saturated heterocycles. The second-order valence-electron chi connectivity index (χ2n) is 7.48. The smallest absolute Gasteiger partial charge is 0.306 e. The fourth-order valence-electron chi connectivity index (χ4n) is 4.11. The number of anilines is 3. The average molecular weight is 397 g/mol. The first-order valence-electron chi connectivity index (χ1n) is 10.1. The predicted molar refractivity (Wildman–Crippen MR) is 112 cm³/mol. The highest BCUT2D eigenvalue weighted by atomic mass is 16.5. The molecule has 1 aromatic heterocycles. The van der Waals surface area contributed by atoms with Crippen molar-refractivity contribution >= 4 is 23.3 Å². The highest BCUT2D eigenvalue weighted by Gasteiger charge is 2.26. The zero-order valence-corrected chi connectivity index (χ0v) is 16.7. The lowest BCUT2D eigenvalue weighted by Gasteiger charge is -2.37. The van der Waals surface area contributed by atoms with Crippen LogP contribution in [-0.2, 0) is 4.79 Å². The Bertz CT molecular complexity index is 846. The molecule has 3 heterocycles. The Balaban J connectivity index is 1.39. The molecule has 0 saturated carbocycles. The summed E-state index contributed by atoms with van der Waals surface area (Å²) >= 11 is 0. The molecule has 1 N–H and O–H groups in total. The highest BCUT2D eigenvalue weighted by molar-refractivity contribution is 5.70. The van der Waals surface area contributed by atoms with Crippen LogP contribution in [0.25, 0.3) is 0 Å². The average Bonchev–Trinajstić information content (AvgIpc) is 2.79. The predicted octanol–water partition coefficient (Wildman–Crippen LogP) is 2.11. The first-order valence-corrected chi connectivity index (χ1v) is 10.1. The molecule has 8 heteroatoms. The van der Waals surface area contributed by atoms with E-state index in [4.69, 9.17) is 4.74 Å². The van der Waals surface area contributed by atoms with Crippen molar-refractivity contribution in [1.29, 1.82) is 0 Å². The number of hydrogen-bond donors (Lipinski definition) is 1. The molecule has 4 rings (SSSR count). The first kappa shape index (κ1) is 19.3. The van der Waals surface area contributed by atoms with Gasteiger partial charge in [-0.15, -0.1) is 0 Å². The molecule has 2 aliphatic heterocycles. The fourth-order valence-corrected chi connectivity index (χ4v) is 4.11. The topological polar surface area (TPSA) is 82.0 Å². The molecular weight excluding hydrogens is 370 g/mol. The van der Waals surface area contributed by atoms with Gasteiger partial charge in [-0.05, 0) is 25.0 Å². The van der Waals surface area contributed by atoms with Crippen molar-refractivity contribution in [2.45, 2.75) is 12.8 Å². The van der Waals surface area contributed by atoms with Gasteiger partial charge in [-0.1, -0.05) is 12.1 Å². The van der Waals surface area contributed by atoms with Crippen molar-refractivity contribution in [2.75, 3.05) is 61.1 Å². The summed E-state index contributed by atoms with van der Waals surface area (Å²) in [6.07, 6.45) is 2.93. The quantitative estimate of drug-likeness (QED) is 0.822. The second-order valence-corrected chi connectivity index (χ2v) is 7.48. The van der Waals surface area contributed by atoms with E-state index in [0.29, 0.717) is 12.8 Å². The molecule has 0 unspecified atom stereocenters. The molecule has 154 valence electrons. The maximum Gasteiger partial charge on any atom is 0.306 e. The number of hydrogen-bond acceptors (Lipinski definition) is 7. The van der Waals surface area contributed by atoms with Crippen molar-refractivity contribution < 1.29 is 14.6 Å². The van der Waals surface area contributed by atoms with Crippen LogP contribution in [0, 0.1) is 5.92 Å².